The standard InChI is InChI=1S/C16H26N2O/c1-13(16(19)15-7-5-4-6-8-15)11-18-10-9-17(3)14(2)12-18/h4-8,13-14,16,19H,9-12H2,1-3H3. The van der Waals surface area contributed by atoms with Gasteiger partial charge in [0.05, 0.1) is 6.10 Å². The van der Waals surface area contributed by atoms with Crippen molar-refractivity contribution in [3.05, 3.63) is 35.9 Å². The van der Waals surface area contributed by atoms with Crippen LogP contribution in [0.2, 0.25) is 0 Å². The maximum Gasteiger partial charge on any atom is 0.0827 e. The maximum atomic E-state index is 10.4. The Labute approximate surface area is 116 Å². The minimum absolute atomic E-state index is 0.262. The predicted octanol–water partition coefficient (Wildman–Crippen LogP) is 1.99. The lowest BCUT2D eigenvalue weighted by Gasteiger charge is -2.39. The molecule has 0 aromatic heterocycles. The van der Waals surface area contributed by atoms with Crippen molar-refractivity contribution in [3.63, 3.8) is 0 Å². The van der Waals surface area contributed by atoms with E-state index in [2.05, 4.69) is 30.7 Å². The highest BCUT2D eigenvalue weighted by molar-refractivity contribution is 5.17. The average molecular weight is 262 g/mol. The number of benzene rings is 1. The first-order valence-electron chi connectivity index (χ1n) is 7.23. The third kappa shape index (κ3) is 3.78. The molecule has 19 heavy (non-hydrogen) atoms. The van der Waals surface area contributed by atoms with Crippen molar-refractivity contribution in [2.45, 2.75) is 26.0 Å². The topological polar surface area (TPSA) is 26.7 Å². The molecule has 0 aliphatic carbocycles. The van der Waals surface area contributed by atoms with Crippen LogP contribution < -0.4 is 0 Å². The van der Waals surface area contributed by atoms with Gasteiger partial charge in [0.1, 0.15) is 0 Å². The lowest BCUT2D eigenvalue weighted by Crippen LogP contribution is -2.51. The molecule has 0 radical (unpaired) electrons. The zero-order chi connectivity index (χ0) is 13.8. The third-order valence-electron chi connectivity index (χ3n) is 4.27. The van der Waals surface area contributed by atoms with Gasteiger partial charge in [-0.15, -0.1) is 0 Å². The SMILES string of the molecule is CC(CN1CCN(C)C(C)C1)C(O)c1ccccc1. The van der Waals surface area contributed by atoms with E-state index in [0.717, 1.165) is 31.7 Å². The Balaban J connectivity index is 1.89. The van der Waals surface area contributed by atoms with Crippen molar-refractivity contribution in [1.82, 2.24) is 9.80 Å². The van der Waals surface area contributed by atoms with E-state index in [1.54, 1.807) is 0 Å². The molecule has 1 fully saturated rings. The molecule has 1 N–H and O–H groups in total. The van der Waals surface area contributed by atoms with Crippen molar-refractivity contribution in [1.29, 1.82) is 0 Å². The molecule has 0 amide bonds. The summed E-state index contributed by atoms with van der Waals surface area (Å²) in [6.07, 6.45) is -0.365. The van der Waals surface area contributed by atoms with Crippen LogP contribution in [0, 0.1) is 5.92 Å². The number of hydrogen-bond acceptors (Lipinski definition) is 3. The quantitative estimate of drug-likeness (QED) is 0.899. The smallest absolute Gasteiger partial charge is 0.0827 e. The highest BCUT2D eigenvalue weighted by Gasteiger charge is 2.24. The molecule has 3 nitrogen and oxygen atoms in total. The van der Waals surface area contributed by atoms with Crippen LogP contribution in [0.4, 0.5) is 0 Å². The summed E-state index contributed by atoms with van der Waals surface area (Å²) in [7, 11) is 2.18. The molecule has 106 valence electrons. The molecule has 0 bridgehead atoms. The van der Waals surface area contributed by atoms with E-state index in [1.165, 1.54) is 0 Å². The molecule has 1 heterocycles. The lowest BCUT2D eigenvalue weighted by atomic mass is 9.96. The number of nitrogens with zero attached hydrogens (tertiary/aromatic N) is 2. The van der Waals surface area contributed by atoms with E-state index in [9.17, 15) is 5.11 Å². The number of likely N-dealkylation sites (N-methyl/N-ethyl adjacent to an activating group) is 1. The number of hydrogen-bond donors (Lipinski definition) is 1. The second-order valence-electron chi connectivity index (χ2n) is 5.92. The Morgan fingerprint density at radius 3 is 2.58 bits per heavy atom. The molecule has 3 atom stereocenters. The van der Waals surface area contributed by atoms with Gasteiger partial charge in [0.25, 0.3) is 0 Å². The molecule has 2 rings (SSSR count). The van der Waals surface area contributed by atoms with Gasteiger partial charge in [0.2, 0.25) is 0 Å². The Hall–Kier alpha value is -0.900. The first-order chi connectivity index (χ1) is 9.08. The molecule has 3 unspecified atom stereocenters. The first kappa shape index (κ1) is 14.5. The number of aliphatic hydroxyl groups is 1. The van der Waals surface area contributed by atoms with Crippen LogP contribution in [0.5, 0.6) is 0 Å². The van der Waals surface area contributed by atoms with Crippen LogP contribution in [0.25, 0.3) is 0 Å². The largest absolute Gasteiger partial charge is 0.388 e. The zero-order valence-corrected chi connectivity index (χ0v) is 12.3. The summed E-state index contributed by atoms with van der Waals surface area (Å²) in [5, 5.41) is 10.4. The number of rotatable bonds is 4. The van der Waals surface area contributed by atoms with Gasteiger partial charge in [-0.1, -0.05) is 37.3 Å². The lowest BCUT2D eigenvalue weighted by molar-refractivity contribution is 0.0527. The zero-order valence-electron chi connectivity index (χ0n) is 12.3. The van der Waals surface area contributed by atoms with Crippen molar-refractivity contribution < 1.29 is 5.11 Å². The second-order valence-corrected chi connectivity index (χ2v) is 5.92. The summed E-state index contributed by atoms with van der Waals surface area (Å²) in [5.41, 5.74) is 1.03. The van der Waals surface area contributed by atoms with Crippen LogP contribution in [-0.4, -0.2) is 54.2 Å². The molecular formula is C16H26N2O. The van der Waals surface area contributed by atoms with E-state index >= 15 is 0 Å². The van der Waals surface area contributed by atoms with Gasteiger partial charge < -0.3 is 14.9 Å². The predicted molar refractivity (Wildman–Crippen MR) is 79.1 cm³/mol. The van der Waals surface area contributed by atoms with Crippen molar-refractivity contribution in [2.75, 3.05) is 33.2 Å². The molecule has 0 spiro atoms. The monoisotopic (exact) mass is 262 g/mol. The van der Waals surface area contributed by atoms with Crippen LogP contribution >= 0.6 is 0 Å². The molecule has 1 aliphatic rings. The van der Waals surface area contributed by atoms with E-state index < -0.39 is 0 Å². The van der Waals surface area contributed by atoms with Crippen LogP contribution in [-0.2, 0) is 0 Å². The summed E-state index contributed by atoms with van der Waals surface area (Å²) < 4.78 is 0. The Morgan fingerprint density at radius 1 is 1.26 bits per heavy atom. The molecular weight excluding hydrogens is 236 g/mol. The van der Waals surface area contributed by atoms with Gasteiger partial charge >= 0.3 is 0 Å². The van der Waals surface area contributed by atoms with E-state index in [0.29, 0.717) is 6.04 Å². The highest BCUT2D eigenvalue weighted by atomic mass is 16.3. The molecule has 1 aliphatic heterocycles. The van der Waals surface area contributed by atoms with Crippen LogP contribution in [0.1, 0.15) is 25.5 Å². The highest BCUT2D eigenvalue weighted by Crippen LogP contribution is 2.23. The molecule has 1 aromatic rings. The first-order valence-corrected chi connectivity index (χ1v) is 7.23. The van der Waals surface area contributed by atoms with Crippen LogP contribution in [0.3, 0.4) is 0 Å². The fourth-order valence-corrected chi connectivity index (χ4v) is 2.78. The van der Waals surface area contributed by atoms with Gasteiger partial charge in [-0.2, -0.15) is 0 Å². The van der Waals surface area contributed by atoms with Crippen molar-refractivity contribution in [2.24, 2.45) is 5.92 Å². The average Bonchev–Trinajstić information content (AvgIpc) is 2.43. The van der Waals surface area contributed by atoms with Crippen LogP contribution in [0.15, 0.2) is 30.3 Å². The summed E-state index contributed by atoms with van der Waals surface area (Å²) >= 11 is 0. The summed E-state index contributed by atoms with van der Waals surface area (Å²) in [6, 6.07) is 10.6. The third-order valence-corrected chi connectivity index (χ3v) is 4.27. The Morgan fingerprint density at radius 2 is 1.95 bits per heavy atom. The summed E-state index contributed by atoms with van der Waals surface area (Å²) in [6.45, 7) is 8.70. The van der Waals surface area contributed by atoms with Gasteiger partial charge in [-0.25, -0.2) is 0 Å². The van der Waals surface area contributed by atoms with Crippen molar-refractivity contribution >= 4 is 0 Å². The Bertz CT molecular complexity index is 382. The van der Waals surface area contributed by atoms with Gasteiger partial charge in [-0.05, 0) is 25.5 Å². The molecule has 1 saturated heterocycles. The second kappa shape index (κ2) is 6.51. The summed E-state index contributed by atoms with van der Waals surface area (Å²) in [5.74, 6) is 0.262. The summed E-state index contributed by atoms with van der Waals surface area (Å²) in [4.78, 5) is 4.87. The minimum Gasteiger partial charge on any atom is -0.388 e. The minimum atomic E-state index is -0.365. The van der Waals surface area contributed by atoms with E-state index in [-0.39, 0.29) is 12.0 Å². The van der Waals surface area contributed by atoms with Gasteiger partial charge in [0.15, 0.2) is 0 Å². The molecule has 1 aromatic carbocycles. The number of aliphatic hydroxyl groups excluding tert-OH is 1. The maximum absolute atomic E-state index is 10.4. The fraction of sp³-hybridized carbons (Fsp3) is 0.625. The Kier molecular flexibility index (Phi) is 4.97. The number of piperazine rings is 1. The van der Waals surface area contributed by atoms with Gasteiger partial charge in [0, 0.05) is 32.2 Å². The molecule has 3 heteroatoms. The van der Waals surface area contributed by atoms with E-state index in [1.807, 2.05) is 30.3 Å². The van der Waals surface area contributed by atoms with Crippen molar-refractivity contribution in [3.8, 4) is 0 Å². The fourth-order valence-electron chi connectivity index (χ4n) is 2.78. The molecule has 0 saturated carbocycles. The normalized spacial score (nSPS) is 25.2. The van der Waals surface area contributed by atoms with Gasteiger partial charge in [-0.3, -0.25) is 0 Å². The van der Waals surface area contributed by atoms with E-state index in [4.69, 9.17) is 0 Å².